The summed E-state index contributed by atoms with van der Waals surface area (Å²) in [6, 6.07) is 15.1. The van der Waals surface area contributed by atoms with E-state index in [1.165, 1.54) is 11.1 Å². The molecule has 2 aromatic rings. The van der Waals surface area contributed by atoms with Crippen LogP contribution >= 0.6 is 0 Å². The molecule has 204 valence electrons. The molecule has 1 aliphatic carbocycles. The first-order valence-corrected chi connectivity index (χ1v) is 14.6. The molecule has 0 saturated heterocycles. The van der Waals surface area contributed by atoms with E-state index in [9.17, 15) is 9.59 Å². The fourth-order valence-corrected chi connectivity index (χ4v) is 6.49. The first-order valence-electron chi connectivity index (χ1n) is 14.6. The van der Waals surface area contributed by atoms with E-state index in [0.717, 1.165) is 70.4 Å². The average molecular weight is 518 g/mol. The van der Waals surface area contributed by atoms with Gasteiger partial charge in [0.2, 0.25) is 0 Å². The standard InChI is InChI=1S/C32H43N3O3/c1-23-8-10-28(11-9-26(23)20-24(2)36)33-29-12-13-31-30(21-29)32(37)35(18-19-38-31)16-5-15-34-17-14-25-6-3-4-7-27(25)22-34/h3-4,6-7,12-13,21,23,26,28,33H,5,8-11,14-20,22H2,1-2H3. The van der Waals surface area contributed by atoms with Crippen molar-refractivity contribution in [2.24, 2.45) is 11.8 Å². The predicted molar refractivity (Wildman–Crippen MR) is 152 cm³/mol. The van der Waals surface area contributed by atoms with Crippen LogP contribution in [-0.4, -0.2) is 60.3 Å². The van der Waals surface area contributed by atoms with Crippen LogP contribution in [0.15, 0.2) is 42.5 Å². The van der Waals surface area contributed by atoms with Gasteiger partial charge >= 0.3 is 0 Å². The lowest BCUT2D eigenvalue weighted by molar-refractivity contribution is -0.118. The Hall–Kier alpha value is -2.86. The number of anilines is 1. The number of hydrogen-bond acceptors (Lipinski definition) is 5. The van der Waals surface area contributed by atoms with Crippen LogP contribution in [0.4, 0.5) is 5.69 Å². The monoisotopic (exact) mass is 517 g/mol. The molecule has 0 spiro atoms. The average Bonchev–Trinajstić information content (AvgIpc) is 3.18. The number of Topliss-reactive ketones (excluding diaryl/α,β-unsaturated/α-hetero) is 1. The molecule has 0 radical (unpaired) electrons. The molecule has 6 nitrogen and oxygen atoms in total. The van der Waals surface area contributed by atoms with Crippen LogP contribution in [0.5, 0.6) is 5.75 Å². The second-order valence-electron chi connectivity index (χ2n) is 11.6. The molecular weight excluding hydrogens is 474 g/mol. The van der Waals surface area contributed by atoms with Crippen molar-refractivity contribution in [1.82, 2.24) is 9.80 Å². The van der Waals surface area contributed by atoms with Crippen LogP contribution in [-0.2, 0) is 17.8 Å². The van der Waals surface area contributed by atoms with Gasteiger partial charge in [-0.3, -0.25) is 9.69 Å². The molecule has 2 aromatic carbocycles. The summed E-state index contributed by atoms with van der Waals surface area (Å²) < 4.78 is 5.98. The minimum absolute atomic E-state index is 0.0705. The van der Waals surface area contributed by atoms with Crippen LogP contribution < -0.4 is 10.1 Å². The summed E-state index contributed by atoms with van der Waals surface area (Å²) in [4.78, 5) is 29.7. The van der Waals surface area contributed by atoms with Gasteiger partial charge in [-0.05, 0) is 86.6 Å². The Balaban J connectivity index is 1.17. The second-order valence-corrected chi connectivity index (χ2v) is 11.6. The molecule has 1 amide bonds. The Kier molecular flexibility index (Phi) is 8.68. The zero-order valence-corrected chi connectivity index (χ0v) is 23.1. The Labute approximate surface area is 227 Å². The van der Waals surface area contributed by atoms with Crippen molar-refractivity contribution in [3.63, 3.8) is 0 Å². The molecular formula is C32H43N3O3. The lowest BCUT2D eigenvalue weighted by atomic mass is 9.86. The molecule has 38 heavy (non-hydrogen) atoms. The van der Waals surface area contributed by atoms with Crippen LogP contribution in [0.1, 0.15) is 73.9 Å². The summed E-state index contributed by atoms with van der Waals surface area (Å²) in [5.74, 6) is 2.10. The molecule has 2 aliphatic heterocycles. The smallest absolute Gasteiger partial charge is 0.257 e. The van der Waals surface area contributed by atoms with E-state index in [1.54, 1.807) is 6.92 Å². The number of amides is 1. The summed E-state index contributed by atoms with van der Waals surface area (Å²) in [5.41, 5.74) is 4.55. The van der Waals surface area contributed by atoms with Gasteiger partial charge in [-0.1, -0.05) is 31.2 Å². The molecule has 3 atom stereocenters. The van der Waals surface area contributed by atoms with Gasteiger partial charge in [0.05, 0.1) is 12.1 Å². The largest absolute Gasteiger partial charge is 0.491 e. The van der Waals surface area contributed by atoms with Gasteiger partial charge in [-0.2, -0.15) is 0 Å². The van der Waals surface area contributed by atoms with Gasteiger partial charge in [-0.15, -0.1) is 0 Å². The molecule has 1 fully saturated rings. The Morgan fingerprint density at radius 2 is 1.84 bits per heavy atom. The Morgan fingerprint density at radius 1 is 1.03 bits per heavy atom. The molecule has 1 saturated carbocycles. The maximum absolute atomic E-state index is 13.5. The number of benzene rings is 2. The highest BCUT2D eigenvalue weighted by molar-refractivity contribution is 5.98. The number of nitrogens with one attached hydrogen (secondary N) is 1. The lowest BCUT2D eigenvalue weighted by Gasteiger charge is -2.29. The van der Waals surface area contributed by atoms with Crippen LogP contribution in [0, 0.1) is 11.8 Å². The van der Waals surface area contributed by atoms with E-state index in [2.05, 4.69) is 41.4 Å². The van der Waals surface area contributed by atoms with E-state index in [-0.39, 0.29) is 5.91 Å². The van der Waals surface area contributed by atoms with Crippen molar-refractivity contribution in [2.45, 2.75) is 71.4 Å². The van der Waals surface area contributed by atoms with Crippen molar-refractivity contribution >= 4 is 17.4 Å². The molecule has 3 unspecified atom stereocenters. The quantitative estimate of drug-likeness (QED) is 0.465. The van der Waals surface area contributed by atoms with E-state index in [0.29, 0.717) is 54.5 Å². The van der Waals surface area contributed by atoms with Gasteiger partial charge in [0, 0.05) is 44.3 Å². The van der Waals surface area contributed by atoms with Crippen LogP contribution in [0.25, 0.3) is 0 Å². The molecule has 0 aromatic heterocycles. The van der Waals surface area contributed by atoms with Gasteiger partial charge in [0.25, 0.3) is 5.91 Å². The zero-order valence-electron chi connectivity index (χ0n) is 23.1. The van der Waals surface area contributed by atoms with Crippen LogP contribution in [0.2, 0.25) is 0 Å². The van der Waals surface area contributed by atoms with Crippen LogP contribution in [0.3, 0.4) is 0 Å². The number of nitrogens with zero attached hydrogens (tertiary/aromatic N) is 2. The number of fused-ring (bicyclic) bond motifs is 2. The minimum Gasteiger partial charge on any atom is -0.491 e. The SMILES string of the molecule is CC(=O)CC1CCC(Nc2ccc3c(c2)C(=O)N(CCCN2CCc4ccccc4C2)CCO3)CCC1C. The molecule has 5 rings (SSSR count). The molecule has 3 aliphatic rings. The summed E-state index contributed by atoms with van der Waals surface area (Å²) in [7, 11) is 0. The first-order chi connectivity index (χ1) is 18.5. The lowest BCUT2D eigenvalue weighted by Crippen LogP contribution is -2.36. The third kappa shape index (κ3) is 6.58. The number of hydrogen-bond donors (Lipinski definition) is 1. The van der Waals surface area contributed by atoms with E-state index in [1.807, 2.05) is 23.1 Å². The van der Waals surface area contributed by atoms with Crippen molar-refractivity contribution in [1.29, 1.82) is 0 Å². The summed E-state index contributed by atoms with van der Waals surface area (Å²) in [6.07, 6.45) is 7.09. The third-order valence-corrected chi connectivity index (χ3v) is 8.81. The number of carbonyl (C=O) groups excluding carboxylic acids is 2. The van der Waals surface area contributed by atoms with Gasteiger partial charge in [-0.25, -0.2) is 0 Å². The third-order valence-electron chi connectivity index (χ3n) is 8.81. The number of carbonyl (C=O) groups is 2. The molecule has 6 heteroatoms. The van der Waals surface area contributed by atoms with Gasteiger partial charge < -0.3 is 19.7 Å². The van der Waals surface area contributed by atoms with Gasteiger partial charge in [0.1, 0.15) is 18.1 Å². The van der Waals surface area contributed by atoms with E-state index >= 15 is 0 Å². The maximum Gasteiger partial charge on any atom is 0.257 e. The van der Waals surface area contributed by atoms with Crippen molar-refractivity contribution < 1.29 is 14.3 Å². The molecule has 1 N–H and O–H groups in total. The topological polar surface area (TPSA) is 61.9 Å². The predicted octanol–water partition coefficient (Wildman–Crippen LogP) is 5.56. The fourth-order valence-electron chi connectivity index (χ4n) is 6.49. The normalized spacial score (nSPS) is 24.0. The van der Waals surface area contributed by atoms with Gasteiger partial charge in [0.15, 0.2) is 0 Å². The fraction of sp³-hybridized carbons (Fsp3) is 0.562. The Morgan fingerprint density at radius 3 is 2.68 bits per heavy atom. The summed E-state index contributed by atoms with van der Waals surface area (Å²) >= 11 is 0. The maximum atomic E-state index is 13.5. The number of rotatable bonds is 8. The highest BCUT2D eigenvalue weighted by Crippen LogP contribution is 2.33. The number of ketones is 1. The minimum atomic E-state index is 0.0705. The van der Waals surface area contributed by atoms with E-state index in [4.69, 9.17) is 4.74 Å². The highest BCUT2D eigenvalue weighted by atomic mass is 16.5. The zero-order chi connectivity index (χ0) is 26.5. The first kappa shape index (κ1) is 26.7. The van der Waals surface area contributed by atoms with Crippen molar-refractivity contribution in [3.8, 4) is 5.75 Å². The summed E-state index contributed by atoms with van der Waals surface area (Å²) in [5, 5.41) is 3.70. The molecule has 0 bridgehead atoms. The Bertz CT molecular complexity index is 1130. The van der Waals surface area contributed by atoms with Crippen molar-refractivity contribution in [2.75, 3.05) is 38.1 Å². The second kappa shape index (κ2) is 12.3. The highest BCUT2D eigenvalue weighted by Gasteiger charge is 2.27. The summed E-state index contributed by atoms with van der Waals surface area (Å²) in [6.45, 7) is 8.97. The van der Waals surface area contributed by atoms with Crippen molar-refractivity contribution in [3.05, 3.63) is 59.2 Å². The number of ether oxygens (including phenoxy) is 1. The van der Waals surface area contributed by atoms with E-state index < -0.39 is 0 Å². The molecule has 2 heterocycles.